The van der Waals surface area contributed by atoms with Gasteiger partial charge in [0.25, 0.3) is 11.4 Å². The molecule has 1 aliphatic rings. The summed E-state index contributed by atoms with van der Waals surface area (Å²) in [5, 5.41) is 8.10. The third-order valence-corrected chi connectivity index (χ3v) is 4.35. The highest BCUT2D eigenvalue weighted by Crippen LogP contribution is 2.45. The molecule has 0 unspecified atom stereocenters. The van der Waals surface area contributed by atoms with Crippen molar-refractivity contribution in [1.29, 1.82) is 5.41 Å². The number of nitrogen functional groups attached to an aromatic ring is 2. The number of H-pyrrole nitrogens is 1. The number of anilines is 2. The van der Waals surface area contributed by atoms with Gasteiger partial charge in [0.1, 0.15) is 11.5 Å². The van der Waals surface area contributed by atoms with Crippen LogP contribution in [0.25, 0.3) is 22.0 Å². The molecule has 0 bridgehead atoms. The maximum Gasteiger partial charge on any atom is 0.272 e. The number of rotatable bonds is 2. The third-order valence-electron chi connectivity index (χ3n) is 4.35. The van der Waals surface area contributed by atoms with Crippen LogP contribution < -0.4 is 26.5 Å². The molecule has 0 fully saturated rings. The van der Waals surface area contributed by atoms with Gasteiger partial charge in [-0.15, -0.1) is 0 Å². The van der Waals surface area contributed by atoms with Gasteiger partial charge in [0.2, 0.25) is 6.79 Å². The van der Waals surface area contributed by atoms with E-state index in [9.17, 15) is 9.18 Å². The molecule has 9 heteroatoms. The van der Waals surface area contributed by atoms with Crippen LogP contribution in [0.15, 0.2) is 16.9 Å². The number of aromatic amines is 1. The highest BCUT2D eigenvalue weighted by atomic mass is 19.1. The molecule has 0 aliphatic carbocycles. The number of pyridine rings is 2. The highest BCUT2D eigenvalue weighted by molar-refractivity contribution is 6.09. The molecule has 0 spiro atoms. The summed E-state index contributed by atoms with van der Waals surface area (Å²) in [5.41, 5.74) is 12.7. The Balaban J connectivity index is 2.25. The molecule has 3 aromatic rings. The van der Waals surface area contributed by atoms with Crippen LogP contribution in [0, 0.1) is 18.2 Å². The van der Waals surface area contributed by atoms with Crippen molar-refractivity contribution in [2.75, 3.05) is 18.3 Å². The van der Waals surface area contributed by atoms with Gasteiger partial charge in [0.15, 0.2) is 5.75 Å². The molecule has 4 rings (SSSR count). The smallest absolute Gasteiger partial charge is 0.272 e. The second-order valence-corrected chi connectivity index (χ2v) is 5.80. The van der Waals surface area contributed by atoms with Crippen molar-refractivity contribution < 1.29 is 13.9 Å². The van der Waals surface area contributed by atoms with Crippen molar-refractivity contribution in [2.45, 2.75) is 6.92 Å². The Bertz CT molecular complexity index is 1160. The minimum Gasteiger partial charge on any atom is -0.451 e. The Labute approximate surface area is 146 Å². The summed E-state index contributed by atoms with van der Waals surface area (Å²) >= 11 is 0. The van der Waals surface area contributed by atoms with Gasteiger partial charge in [-0.3, -0.25) is 4.79 Å². The van der Waals surface area contributed by atoms with Gasteiger partial charge in [0.05, 0.1) is 22.3 Å². The molecule has 0 saturated heterocycles. The molecular formula is C17H14FN5O3. The molecule has 6 N–H and O–H groups in total. The number of ether oxygens (including phenoxy) is 2. The standard InChI is InChI=1S/C17H14FN5O3/c1-6-14-11(15-17(22-6)26-5-25-15)10(13(21)16(24)23-14)7-2-3-9(18)12(20)8(7)4-19/h2-4,19H,5,20-21H2,1H3,(H,23,24). The molecule has 2 aromatic heterocycles. The van der Waals surface area contributed by atoms with Gasteiger partial charge in [-0.1, -0.05) is 6.07 Å². The molecule has 0 amide bonds. The first kappa shape index (κ1) is 15.9. The quantitative estimate of drug-likeness (QED) is 0.409. The number of hydrogen-bond donors (Lipinski definition) is 4. The predicted molar refractivity (Wildman–Crippen MR) is 95.3 cm³/mol. The highest BCUT2D eigenvalue weighted by Gasteiger charge is 2.27. The lowest BCUT2D eigenvalue weighted by Gasteiger charge is -2.16. The zero-order chi connectivity index (χ0) is 18.6. The molecule has 0 atom stereocenters. The summed E-state index contributed by atoms with van der Waals surface area (Å²) in [7, 11) is 0. The second-order valence-electron chi connectivity index (χ2n) is 5.80. The van der Waals surface area contributed by atoms with Crippen LogP contribution in [0.3, 0.4) is 0 Å². The zero-order valence-corrected chi connectivity index (χ0v) is 13.6. The van der Waals surface area contributed by atoms with Crippen molar-refractivity contribution in [3.8, 4) is 22.8 Å². The van der Waals surface area contributed by atoms with E-state index in [0.29, 0.717) is 33.5 Å². The molecule has 1 aliphatic heterocycles. The second kappa shape index (κ2) is 5.45. The van der Waals surface area contributed by atoms with Gasteiger partial charge in [-0.2, -0.15) is 0 Å². The fraction of sp³-hybridized carbons (Fsp3) is 0.118. The number of nitrogens with one attached hydrogen (secondary N) is 2. The van der Waals surface area contributed by atoms with Gasteiger partial charge in [0, 0.05) is 17.3 Å². The Morgan fingerprint density at radius 1 is 1.31 bits per heavy atom. The van der Waals surface area contributed by atoms with E-state index in [1.165, 1.54) is 6.07 Å². The molecule has 132 valence electrons. The summed E-state index contributed by atoms with van der Waals surface area (Å²) in [4.78, 5) is 19.4. The van der Waals surface area contributed by atoms with Crippen LogP contribution in [-0.4, -0.2) is 23.0 Å². The number of nitrogens with zero attached hydrogens (tertiary/aromatic N) is 1. The first-order valence-corrected chi connectivity index (χ1v) is 7.64. The van der Waals surface area contributed by atoms with Gasteiger partial charge < -0.3 is 31.3 Å². The Hall–Kier alpha value is -3.62. The van der Waals surface area contributed by atoms with Gasteiger partial charge in [-0.25, -0.2) is 9.37 Å². The number of aromatic nitrogens is 2. The van der Waals surface area contributed by atoms with Crippen molar-refractivity contribution in [3.05, 3.63) is 39.6 Å². The van der Waals surface area contributed by atoms with E-state index < -0.39 is 11.4 Å². The van der Waals surface area contributed by atoms with Crippen molar-refractivity contribution in [3.63, 3.8) is 0 Å². The van der Waals surface area contributed by atoms with Crippen LogP contribution in [0.2, 0.25) is 0 Å². The lowest BCUT2D eigenvalue weighted by molar-refractivity contribution is 0.171. The number of hydrogen-bond acceptors (Lipinski definition) is 7. The van der Waals surface area contributed by atoms with E-state index in [2.05, 4.69) is 9.97 Å². The van der Waals surface area contributed by atoms with Crippen LogP contribution in [-0.2, 0) is 0 Å². The fourth-order valence-electron chi connectivity index (χ4n) is 3.12. The van der Waals surface area contributed by atoms with E-state index >= 15 is 0 Å². The molecule has 26 heavy (non-hydrogen) atoms. The maximum atomic E-state index is 13.9. The molecule has 1 aromatic carbocycles. The topological polar surface area (TPSA) is 140 Å². The SMILES string of the molecule is Cc1nc2c(c3c(-c4ccc(F)c(N)c4C=N)c(N)c(=O)[nH]c13)OCO2. The van der Waals surface area contributed by atoms with E-state index in [0.717, 1.165) is 12.3 Å². The molecule has 8 nitrogen and oxygen atoms in total. The van der Waals surface area contributed by atoms with Crippen LogP contribution in [0.1, 0.15) is 11.3 Å². The van der Waals surface area contributed by atoms with E-state index in [4.69, 9.17) is 26.4 Å². The molecule has 0 radical (unpaired) electrons. The van der Waals surface area contributed by atoms with Crippen molar-refractivity contribution >= 4 is 28.5 Å². The monoisotopic (exact) mass is 355 g/mol. The number of aryl methyl sites for hydroxylation is 1. The number of fused-ring (bicyclic) bond motifs is 3. The van der Waals surface area contributed by atoms with E-state index in [-0.39, 0.29) is 29.6 Å². The minimum absolute atomic E-state index is 0.0255. The Morgan fingerprint density at radius 3 is 2.81 bits per heavy atom. The first-order chi connectivity index (χ1) is 12.4. The molecular weight excluding hydrogens is 341 g/mol. The Morgan fingerprint density at radius 2 is 2.08 bits per heavy atom. The maximum absolute atomic E-state index is 13.9. The summed E-state index contributed by atoms with van der Waals surface area (Å²) in [5.74, 6) is -0.0702. The minimum atomic E-state index is -0.664. The average Bonchev–Trinajstić information content (AvgIpc) is 3.07. The third kappa shape index (κ3) is 2.03. The number of benzene rings is 1. The van der Waals surface area contributed by atoms with E-state index in [1.54, 1.807) is 6.92 Å². The van der Waals surface area contributed by atoms with Crippen LogP contribution in [0.5, 0.6) is 11.6 Å². The largest absolute Gasteiger partial charge is 0.451 e. The van der Waals surface area contributed by atoms with Gasteiger partial charge >= 0.3 is 0 Å². The average molecular weight is 355 g/mol. The lowest BCUT2D eigenvalue weighted by Crippen LogP contribution is -2.15. The first-order valence-electron chi connectivity index (χ1n) is 7.64. The predicted octanol–water partition coefficient (Wildman–Crippen LogP) is 1.93. The van der Waals surface area contributed by atoms with Crippen LogP contribution >= 0.6 is 0 Å². The summed E-state index contributed by atoms with van der Waals surface area (Å²) in [6.45, 7) is 1.68. The normalized spacial score (nSPS) is 12.5. The van der Waals surface area contributed by atoms with Crippen molar-refractivity contribution in [1.82, 2.24) is 9.97 Å². The summed E-state index contributed by atoms with van der Waals surface area (Å²) in [6.07, 6.45) is 0.922. The zero-order valence-electron chi connectivity index (χ0n) is 13.6. The van der Waals surface area contributed by atoms with Gasteiger partial charge in [-0.05, 0) is 18.6 Å². The molecule has 3 heterocycles. The van der Waals surface area contributed by atoms with Crippen LogP contribution in [0.4, 0.5) is 15.8 Å². The van der Waals surface area contributed by atoms with Crippen molar-refractivity contribution in [2.24, 2.45) is 0 Å². The summed E-state index contributed by atoms with van der Waals surface area (Å²) < 4.78 is 24.7. The van der Waals surface area contributed by atoms with E-state index in [1.807, 2.05) is 0 Å². The Kier molecular flexibility index (Phi) is 3.33. The fourth-order valence-corrected chi connectivity index (χ4v) is 3.12. The number of halogens is 1. The lowest BCUT2D eigenvalue weighted by atomic mass is 9.94. The molecule has 0 saturated carbocycles. The summed E-state index contributed by atoms with van der Waals surface area (Å²) in [6, 6.07) is 2.59. The number of nitrogens with two attached hydrogens (primary N) is 2.